The third-order valence-electron chi connectivity index (χ3n) is 9.53. The number of carbonyl (C=O) groups is 3. The van der Waals surface area contributed by atoms with Gasteiger partial charge in [0.05, 0.1) is 29.2 Å². The van der Waals surface area contributed by atoms with E-state index in [1.807, 2.05) is 84.6 Å². The van der Waals surface area contributed by atoms with Crippen molar-refractivity contribution < 1.29 is 19.5 Å². The second kappa shape index (κ2) is 11.0. The molecule has 2 saturated heterocycles. The Labute approximate surface area is 252 Å². The minimum absolute atomic E-state index is 0.00910. The Bertz CT molecular complexity index is 1410. The Morgan fingerprint density at radius 1 is 0.905 bits per heavy atom. The molecule has 2 aromatic rings. The van der Waals surface area contributed by atoms with E-state index in [-0.39, 0.29) is 30.4 Å². The molecule has 4 aliphatic rings. The predicted octanol–water partition coefficient (Wildman–Crippen LogP) is 4.60. The van der Waals surface area contributed by atoms with E-state index in [9.17, 15) is 19.5 Å². The molecule has 4 heterocycles. The summed E-state index contributed by atoms with van der Waals surface area (Å²) in [6, 6.07) is 17.4. The van der Waals surface area contributed by atoms with Gasteiger partial charge in [0.25, 0.3) is 0 Å². The van der Waals surface area contributed by atoms with Crippen LogP contribution in [0.2, 0.25) is 0 Å². The minimum atomic E-state index is -0.962. The van der Waals surface area contributed by atoms with Crippen molar-refractivity contribution in [2.24, 2.45) is 11.8 Å². The summed E-state index contributed by atoms with van der Waals surface area (Å²) in [5, 5.41) is 10.8. The summed E-state index contributed by atoms with van der Waals surface area (Å²) in [6.07, 6.45) is 9.95. The fraction of sp³-hybridized carbons (Fsp3) is 0.441. The second-order valence-electron chi connectivity index (χ2n) is 12.1. The molecule has 0 radical (unpaired) electrons. The van der Waals surface area contributed by atoms with Crippen molar-refractivity contribution in [3.8, 4) is 0 Å². The van der Waals surface area contributed by atoms with E-state index in [0.717, 1.165) is 24.1 Å². The molecule has 0 aromatic heterocycles. The highest BCUT2D eigenvalue weighted by atomic mass is 32.2. The van der Waals surface area contributed by atoms with E-state index in [1.54, 1.807) is 21.6 Å². The molecule has 42 heavy (non-hydrogen) atoms. The van der Waals surface area contributed by atoms with Crippen LogP contribution in [-0.2, 0) is 14.4 Å². The first kappa shape index (κ1) is 28.7. The summed E-state index contributed by atoms with van der Waals surface area (Å²) in [5.74, 6) is -1.93. The molecule has 1 spiro atoms. The highest BCUT2D eigenvalue weighted by molar-refractivity contribution is 8.02. The van der Waals surface area contributed by atoms with Crippen LogP contribution < -0.4 is 4.90 Å². The molecule has 6 rings (SSSR count). The van der Waals surface area contributed by atoms with Crippen molar-refractivity contribution in [2.45, 2.75) is 61.2 Å². The lowest BCUT2D eigenvalue weighted by molar-refractivity contribution is -0.147. The van der Waals surface area contributed by atoms with E-state index < -0.39 is 33.4 Å². The van der Waals surface area contributed by atoms with Crippen molar-refractivity contribution in [3.05, 3.63) is 90.5 Å². The third kappa shape index (κ3) is 4.33. The van der Waals surface area contributed by atoms with Gasteiger partial charge in [0.2, 0.25) is 17.7 Å². The van der Waals surface area contributed by atoms with Gasteiger partial charge in [-0.05, 0) is 38.0 Å². The lowest BCUT2D eigenvalue weighted by Gasteiger charge is -2.41. The Morgan fingerprint density at radius 3 is 2.24 bits per heavy atom. The average Bonchev–Trinajstić information content (AvgIpc) is 3.26. The smallest absolute Gasteiger partial charge is 0.247 e. The predicted molar refractivity (Wildman–Crippen MR) is 166 cm³/mol. The number of aliphatic hydroxyl groups is 1. The molecule has 0 aliphatic carbocycles. The number of likely N-dealkylation sites (tertiary alicyclic amines) is 1. The number of nitrogens with zero attached hydrogens (tertiary/aromatic N) is 3. The number of carbonyl (C=O) groups excluding carboxylic acids is 3. The van der Waals surface area contributed by atoms with Gasteiger partial charge in [-0.15, -0.1) is 11.8 Å². The van der Waals surface area contributed by atoms with Crippen LogP contribution in [0.15, 0.2) is 85.0 Å². The van der Waals surface area contributed by atoms with Crippen LogP contribution in [0.4, 0.5) is 5.69 Å². The molecule has 7 nitrogen and oxygen atoms in total. The molecule has 3 amide bonds. The van der Waals surface area contributed by atoms with E-state index in [4.69, 9.17) is 0 Å². The van der Waals surface area contributed by atoms with Crippen LogP contribution in [0.1, 0.15) is 45.2 Å². The van der Waals surface area contributed by atoms with Crippen LogP contribution in [0.5, 0.6) is 0 Å². The summed E-state index contributed by atoms with van der Waals surface area (Å²) in [7, 11) is 0. The average molecular weight is 586 g/mol. The van der Waals surface area contributed by atoms with Gasteiger partial charge in [0, 0.05) is 29.6 Å². The first-order valence-electron chi connectivity index (χ1n) is 15.0. The lowest BCUT2D eigenvalue weighted by atomic mass is 9.74. The van der Waals surface area contributed by atoms with E-state index in [1.165, 1.54) is 0 Å². The maximum atomic E-state index is 14.9. The Morgan fingerprint density at radius 2 is 1.57 bits per heavy atom. The molecule has 0 saturated carbocycles. The van der Waals surface area contributed by atoms with Gasteiger partial charge >= 0.3 is 0 Å². The topological polar surface area (TPSA) is 81.2 Å². The van der Waals surface area contributed by atoms with Crippen LogP contribution in [0.25, 0.3) is 0 Å². The molecule has 220 valence electrons. The number of amides is 3. The zero-order valence-electron chi connectivity index (χ0n) is 24.4. The number of hydrogen-bond acceptors (Lipinski definition) is 5. The second-order valence-corrected chi connectivity index (χ2v) is 13.9. The number of aliphatic hydroxyl groups excluding tert-OH is 1. The van der Waals surface area contributed by atoms with Crippen molar-refractivity contribution in [3.63, 3.8) is 0 Å². The molecule has 2 fully saturated rings. The van der Waals surface area contributed by atoms with Gasteiger partial charge in [-0.2, -0.15) is 0 Å². The van der Waals surface area contributed by atoms with Crippen LogP contribution in [0, 0.1) is 11.8 Å². The summed E-state index contributed by atoms with van der Waals surface area (Å²) >= 11 is 1.58. The molecular formula is C34H39N3O4S. The molecule has 0 bridgehead atoms. The van der Waals surface area contributed by atoms with E-state index in [2.05, 4.69) is 26.0 Å². The third-order valence-corrected chi connectivity index (χ3v) is 11.3. The first-order valence-corrected chi connectivity index (χ1v) is 15.8. The van der Waals surface area contributed by atoms with Gasteiger partial charge in [0.1, 0.15) is 6.04 Å². The van der Waals surface area contributed by atoms with Crippen LogP contribution >= 0.6 is 11.8 Å². The van der Waals surface area contributed by atoms with Gasteiger partial charge in [-0.25, -0.2) is 0 Å². The number of anilines is 1. The number of hydrogen-bond donors (Lipinski definition) is 1. The summed E-state index contributed by atoms with van der Waals surface area (Å²) in [5.41, 5.74) is 1.55. The first-order chi connectivity index (χ1) is 20.3. The molecule has 2 unspecified atom stereocenters. The fourth-order valence-corrected chi connectivity index (χ4v) is 9.80. The summed E-state index contributed by atoms with van der Waals surface area (Å²) < 4.78 is -1.66. The van der Waals surface area contributed by atoms with E-state index >= 15 is 0 Å². The monoisotopic (exact) mass is 585 g/mol. The number of thioether (sulfide) groups is 1. The van der Waals surface area contributed by atoms with Crippen molar-refractivity contribution >= 4 is 35.2 Å². The van der Waals surface area contributed by atoms with Crippen molar-refractivity contribution in [2.75, 3.05) is 24.6 Å². The highest BCUT2D eigenvalue weighted by Gasteiger charge is 2.74. The van der Waals surface area contributed by atoms with Gasteiger partial charge < -0.3 is 19.8 Å². The molecular weight excluding hydrogens is 546 g/mol. The molecule has 7 atom stereocenters. The van der Waals surface area contributed by atoms with Gasteiger partial charge in [0.15, 0.2) is 0 Å². The minimum Gasteiger partial charge on any atom is -0.394 e. The number of rotatable bonds is 7. The maximum Gasteiger partial charge on any atom is 0.247 e. The van der Waals surface area contributed by atoms with E-state index in [0.29, 0.717) is 13.1 Å². The summed E-state index contributed by atoms with van der Waals surface area (Å²) in [4.78, 5) is 49.4. The molecule has 4 aliphatic heterocycles. The molecule has 1 N–H and O–H groups in total. The fourth-order valence-electron chi connectivity index (χ4n) is 7.65. The number of para-hydroxylation sites is 1. The number of fused-ring (bicyclic) bond motifs is 2. The Hall–Kier alpha value is -3.36. The van der Waals surface area contributed by atoms with Gasteiger partial charge in [-0.3, -0.25) is 14.4 Å². The lowest BCUT2D eigenvalue weighted by Crippen LogP contribution is -2.56. The Kier molecular flexibility index (Phi) is 7.56. The standard InChI is InChI=1S/C34H39N3O4S/c1-4-13-23(2)35-20-12-19-34-28(31(40)37(29(34)32(35)41)26(22-38)24-14-7-5-8-15-24)27-30(39)36(25-16-9-6-10-17-25)21-11-18-33(27,3)42-34/h5-12,14-19,23,26-29,38H,4,13,20-22H2,1-3H3/t23?,26-,27+,28+,29?,33-,34+/m1/s1. The normalized spacial score (nSPS) is 31.9. The largest absolute Gasteiger partial charge is 0.394 e. The zero-order valence-corrected chi connectivity index (χ0v) is 25.2. The van der Waals surface area contributed by atoms with Crippen molar-refractivity contribution in [1.82, 2.24) is 9.80 Å². The van der Waals surface area contributed by atoms with Crippen LogP contribution in [-0.4, -0.2) is 73.9 Å². The summed E-state index contributed by atoms with van der Waals surface area (Å²) in [6.45, 7) is 6.73. The molecule has 8 heteroatoms. The maximum absolute atomic E-state index is 14.9. The SMILES string of the molecule is CCCC(C)N1CC=C[C@]23S[C@]4(C)C=CCN(c5ccccc5)C(=O)[C@@H]4[C@H]2C(=O)N([C@H](CO)c2ccccc2)C3C1=O. The highest BCUT2D eigenvalue weighted by Crippen LogP contribution is 2.66. The number of benzene rings is 2. The zero-order chi connectivity index (χ0) is 29.6. The van der Waals surface area contributed by atoms with Crippen LogP contribution in [0.3, 0.4) is 0 Å². The Balaban J connectivity index is 1.52. The molecule has 2 aromatic carbocycles. The quantitative estimate of drug-likeness (QED) is 0.481. The van der Waals surface area contributed by atoms with Crippen molar-refractivity contribution in [1.29, 1.82) is 0 Å². The van der Waals surface area contributed by atoms with Gasteiger partial charge in [-0.1, -0.05) is 86.2 Å².